The number of benzene rings is 2. The van der Waals surface area contributed by atoms with E-state index in [1.807, 2.05) is 30.3 Å². The Morgan fingerprint density at radius 1 is 1.10 bits per heavy atom. The minimum absolute atomic E-state index is 0.248. The Kier molecular flexibility index (Phi) is 7.09. The summed E-state index contributed by atoms with van der Waals surface area (Å²) in [5, 5.41) is 4.15. The minimum Gasteiger partial charge on any atom is -0.462 e. The van der Waals surface area contributed by atoms with Crippen LogP contribution >= 0.6 is 34.5 Å². The molecular formula is C22H17Cl2NO3S. The Labute approximate surface area is 182 Å². The standard InChI is InChI=1S/C22H17Cl2NO3S/c1-2-28-22(27)17-13-19(15-6-4-3-5-7-15)29-21(17)25-20(26)11-9-14-8-10-16(23)12-18(14)24/h3-13H,2H2,1H3,(H,25,26)/b11-9+. The zero-order valence-electron chi connectivity index (χ0n) is 15.4. The summed E-state index contributed by atoms with van der Waals surface area (Å²) >= 11 is 13.3. The van der Waals surface area contributed by atoms with Crippen LogP contribution in [0.5, 0.6) is 0 Å². The molecule has 0 saturated heterocycles. The lowest BCUT2D eigenvalue weighted by atomic mass is 10.1. The van der Waals surface area contributed by atoms with E-state index >= 15 is 0 Å². The number of rotatable bonds is 6. The number of carbonyl (C=O) groups is 2. The average Bonchev–Trinajstić information content (AvgIpc) is 3.12. The normalized spacial score (nSPS) is 10.9. The summed E-state index contributed by atoms with van der Waals surface area (Å²) in [6.07, 6.45) is 2.94. The van der Waals surface area contributed by atoms with Crippen LogP contribution < -0.4 is 5.32 Å². The molecular weight excluding hydrogens is 429 g/mol. The van der Waals surface area contributed by atoms with Crippen molar-refractivity contribution in [2.24, 2.45) is 0 Å². The van der Waals surface area contributed by atoms with E-state index in [9.17, 15) is 9.59 Å². The van der Waals surface area contributed by atoms with Gasteiger partial charge in [-0.1, -0.05) is 59.6 Å². The summed E-state index contributed by atoms with van der Waals surface area (Å²) < 4.78 is 5.12. The maximum atomic E-state index is 12.4. The van der Waals surface area contributed by atoms with Gasteiger partial charge in [0.05, 0.1) is 12.2 Å². The Hall–Kier alpha value is -2.60. The number of hydrogen-bond acceptors (Lipinski definition) is 4. The summed E-state index contributed by atoms with van der Waals surface area (Å²) in [4.78, 5) is 25.6. The van der Waals surface area contributed by atoms with Crippen molar-refractivity contribution < 1.29 is 14.3 Å². The van der Waals surface area contributed by atoms with E-state index in [2.05, 4.69) is 5.32 Å². The zero-order valence-corrected chi connectivity index (χ0v) is 17.8. The molecule has 0 aliphatic carbocycles. The Morgan fingerprint density at radius 2 is 1.86 bits per heavy atom. The van der Waals surface area contributed by atoms with Gasteiger partial charge in [0.2, 0.25) is 5.91 Å². The van der Waals surface area contributed by atoms with E-state index in [1.165, 1.54) is 17.4 Å². The molecule has 1 heterocycles. The van der Waals surface area contributed by atoms with Crippen molar-refractivity contribution in [3.05, 3.63) is 81.8 Å². The van der Waals surface area contributed by atoms with Gasteiger partial charge in [0.1, 0.15) is 5.00 Å². The maximum Gasteiger partial charge on any atom is 0.341 e. The molecule has 0 atom stereocenters. The fourth-order valence-corrected chi connectivity index (χ4v) is 4.07. The topological polar surface area (TPSA) is 55.4 Å². The fourth-order valence-electron chi connectivity index (χ4n) is 2.54. The number of nitrogens with one attached hydrogen (secondary N) is 1. The van der Waals surface area contributed by atoms with E-state index in [-0.39, 0.29) is 12.5 Å². The molecule has 0 bridgehead atoms. The molecule has 0 aliphatic heterocycles. The largest absolute Gasteiger partial charge is 0.462 e. The molecule has 3 aromatic rings. The van der Waals surface area contributed by atoms with Crippen molar-refractivity contribution in [1.82, 2.24) is 0 Å². The zero-order chi connectivity index (χ0) is 20.8. The van der Waals surface area contributed by atoms with Crippen molar-refractivity contribution in [3.8, 4) is 10.4 Å². The number of halogens is 2. The van der Waals surface area contributed by atoms with Gasteiger partial charge in [-0.3, -0.25) is 4.79 Å². The number of esters is 1. The Bertz CT molecular complexity index is 1060. The molecule has 4 nitrogen and oxygen atoms in total. The van der Waals surface area contributed by atoms with Gasteiger partial charge in [-0.25, -0.2) is 4.79 Å². The van der Waals surface area contributed by atoms with Crippen LogP contribution in [0, 0.1) is 0 Å². The van der Waals surface area contributed by atoms with Gasteiger partial charge in [-0.15, -0.1) is 11.3 Å². The highest BCUT2D eigenvalue weighted by Gasteiger charge is 2.19. The molecule has 0 aliphatic rings. The summed E-state index contributed by atoms with van der Waals surface area (Å²) in [5.41, 5.74) is 1.93. The third-order valence-corrected chi connectivity index (χ3v) is 5.56. The van der Waals surface area contributed by atoms with E-state index in [0.29, 0.717) is 26.2 Å². The summed E-state index contributed by atoms with van der Waals surface area (Å²) in [7, 11) is 0. The van der Waals surface area contributed by atoms with Crippen molar-refractivity contribution in [3.63, 3.8) is 0 Å². The third-order valence-electron chi connectivity index (χ3n) is 3.90. The summed E-state index contributed by atoms with van der Waals surface area (Å²) in [5.74, 6) is -0.867. The first-order chi connectivity index (χ1) is 14.0. The van der Waals surface area contributed by atoms with E-state index in [1.54, 1.807) is 37.3 Å². The molecule has 0 saturated carbocycles. The van der Waals surface area contributed by atoms with E-state index in [4.69, 9.17) is 27.9 Å². The molecule has 2 aromatic carbocycles. The number of anilines is 1. The molecule has 7 heteroatoms. The van der Waals surface area contributed by atoms with Crippen molar-refractivity contribution >= 4 is 57.5 Å². The highest BCUT2D eigenvalue weighted by atomic mass is 35.5. The number of thiophene rings is 1. The maximum absolute atomic E-state index is 12.4. The van der Waals surface area contributed by atoms with Crippen molar-refractivity contribution in [2.45, 2.75) is 6.92 Å². The van der Waals surface area contributed by atoms with Gasteiger partial charge in [0, 0.05) is 21.0 Å². The smallest absolute Gasteiger partial charge is 0.341 e. The highest BCUT2D eigenvalue weighted by molar-refractivity contribution is 7.20. The molecule has 0 unspecified atom stereocenters. The van der Waals surface area contributed by atoms with Crippen LogP contribution in [0.15, 0.2) is 60.7 Å². The first kappa shape index (κ1) is 21.1. The lowest BCUT2D eigenvalue weighted by Crippen LogP contribution is -2.11. The van der Waals surface area contributed by atoms with Crippen LogP contribution in [0.3, 0.4) is 0 Å². The second-order valence-electron chi connectivity index (χ2n) is 5.93. The minimum atomic E-state index is -0.481. The van der Waals surface area contributed by atoms with Gasteiger partial charge in [0.25, 0.3) is 0 Å². The van der Waals surface area contributed by atoms with Gasteiger partial charge in [-0.2, -0.15) is 0 Å². The van der Waals surface area contributed by atoms with E-state index < -0.39 is 5.97 Å². The van der Waals surface area contributed by atoms with Gasteiger partial charge in [0.15, 0.2) is 0 Å². The Balaban J connectivity index is 1.84. The lowest BCUT2D eigenvalue weighted by molar-refractivity contribution is -0.111. The molecule has 0 radical (unpaired) electrons. The summed E-state index contributed by atoms with van der Waals surface area (Å²) in [6, 6.07) is 16.4. The van der Waals surface area contributed by atoms with Gasteiger partial charge < -0.3 is 10.1 Å². The summed E-state index contributed by atoms with van der Waals surface area (Å²) in [6.45, 7) is 1.98. The molecule has 148 valence electrons. The molecule has 1 aromatic heterocycles. The first-order valence-corrected chi connectivity index (χ1v) is 10.4. The first-order valence-electron chi connectivity index (χ1n) is 8.78. The van der Waals surface area contributed by atoms with Crippen LogP contribution in [0.1, 0.15) is 22.8 Å². The molecule has 3 rings (SSSR count). The second kappa shape index (κ2) is 9.74. The fraction of sp³-hybridized carbons (Fsp3) is 0.0909. The lowest BCUT2D eigenvalue weighted by Gasteiger charge is -2.04. The molecule has 29 heavy (non-hydrogen) atoms. The van der Waals surface area contributed by atoms with Crippen LogP contribution in [0.4, 0.5) is 5.00 Å². The van der Waals surface area contributed by atoms with Gasteiger partial charge in [-0.05, 0) is 42.3 Å². The van der Waals surface area contributed by atoms with E-state index in [0.717, 1.165) is 10.4 Å². The van der Waals surface area contributed by atoms with Gasteiger partial charge >= 0.3 is 5.97 Å². The predicted octanol–water partition coefficient (Wildman–Crippen LogP) is 6.55. The molecule has 0 fully saturated rings. The average molecular weight is 446 g/mol. The second-order valence-corrected chi connectivity index (χ2v) is 7.82. The quantitative estimate of drug-likeness (QED) is 0.345. The number of amides is 1. The predicted molar refractivity (Wildman–Crippen MR) is 120 cm³/mol. The van der Waals surface area contributed by atoms with Crippen LogP contribution in [-0.2, 0) is 9.53 Å². The number of hydrogen-bond donors (Lipinski definition) is 1. The molecule has 1 N–H and O–H groups in total. The van der Waals surface area contributed by atoms with Crippen LogP contribution in [-0.4, -0.2) is 18.5 Å². The van der Waals surface area contributed by atoms with Crippen molar-refractivity contribution in [1.29, 1.82) is 0 Å². The number of ether oxygens (including phenoxy) is 1. The van der Waals surface area contributed by atoms with Crippen LogP contribution in [0.2, 0.25) is 10.0 Å². The third kappa shape index (κ3) is 5.48. The highest BCUT2D eigenvalue weighted by Crippen LogP contribution is 2.36. The molecule has 1 amide bonds. The SMILES string of the molecule is CCOC(=O)c1cc(-c2ccccc2)sc1NC(=O)/C=C/c1ccc(Cl)cc1Cl. The van der Waals surface area contributed by atoms with Crippen LogP contribution in [0.25, 0.3) is 16.5 Å². The molecule has 0 spiro atoms. The monoisotopic (exact) mass is 445 g/mol. The Morgan fingerprint density at radius 3 is 2.55 bits per heavy atom. The van der Waals surface area contributed by atoms with Crippen molar-refractivity contribution in [2.75, 3.05) is 11.9 Å². The number of carbonyl (C=O) groups excluding carboxylic acids is 2.